The van der Waals surface area contributed by atoms with Crippen molar-refractivity contribution < 1.29 is 104 Å². The minimum Gasteiger partial charge on any atom is -0.791 e. The van der Waals surface area contributed by atoms with Crippen molar-refractivity contribution in [2.45, 2.75) is 23.9 Å². The number of halogens is 6. The van der Waals surface area contributed by atoms with Crippen molar-refractivity contribution in [3.8, 4) is 0 Å². The first kappa shape index (κ1) is 90.1. The summed E-state index contributed by atoms with van der Waals surface area (Å²) < 4.78 is 118. The van der Waals surface area contributed by atoms with Crippen LogP contribution in [0.4, 0.5) is 47.3 Å². The fourth-order valence-electron chi connectivity index (χ4n) is 9.54. The van der Waals surface area contributed by atoms with Gasteiger partial charge in [-0.1, -0.05) is 182 Å². The Kier molecular flexibility index (Phi) is 43.9. The number of rotatable bonds is 22. The maximum Gasteiger partial charge on any atom is 2.00 e. The van der Waals surface area contributed by atoms with Gasteiger partial charge >= 0.3 is 65.2 Å². The molecule has 0 spiro atoms. The fraction of sp³-hybridized carbons (Fsp3) is 0.162. The standard InChI is InChI=1S/2C27H26P2.2C9H12N2OS.2CHF3O3S.2Pt/c2*1-5-14-24(15-6-1)28(25-16-7-2-8-17-25)22-13-23-29(26-18-9-3-10-19-26)27-20-11-4-12-21-27;2*12-9(10-6-7-13)11-8-4-2-1-3-5-8;2*2-1(3,4)8(5,6)7;;/h2*1-12,14-21H,13,22-23H2;2*1-5,13H,6-7H2,(H2,10,11,12);2*(H,5,6,7);;/q;;;;;;2*+2. The zero-order valence-electron chi connectivity index (χ0n) is 54.7. The fourth-order valence-corrected chi connectivity index (χ4v) is 21.0. The Bertz CT molecular complexity index is 3510. The summed E-state index contributed by atoms with van der Waals surface area (Å²) in [5.41, 5.74) is -9.73. The number of alkyl halides is 6. The first-order valence-corrected chi connectivity index (χ1v) is 42.1. The van der Waals surface area contributed by atoms with Crippen LogP contribution in [0.15, 0.2) is 303 Å². The SMILES string of the molecule is O=C(NCC[S-])Nc1ccccc1.O=C(NCC[S-])Nc1ccccc1.O=S(=O)([O-])C(F)(F)F.O=S(=O)([O-])C(F)(F)F.[Pt+2].[Pt+2].c1ccc([PH+](CCC[PH+](c2ccccc2)c2ccccc2)c2ccccc2)cc1.c1ccc([PH+](CCC[PH+](c2ccccc2)c2ccccc2)c2ccccc2)cc1. The van der Waals surface area contributed by atoms with E-state index in [1.165, 1.54) is 79.9 Å². The molecule has 102 heavy (non-hydrogen) atoms. The summed E-state index contributed by atoms with van der Waals surface area (Å²) in [4.78, 5) is 22.2. The van der Waals surface area contributed by atoms with Crippen molar-refractivity contribution in [3.63, 3.8) is 0 Å². The molecular weight excluding hydrogens is 1830 g/mol. The van der Waals surface area contributed by atoms with Crippen LogP contribution in [0.2, 0.25) is 0 Å². The zero-order valence-corrected chi connectivity index (χ0v) is 66.5. The molecule has 0 unspecified atom stereocenters. The zero-order chi connectivity index (χ0) is 72.5. The van der Waals surface area contributed by atoms with E-state index in [1.54, 1.807) is 0 Å². The molecule has 0 radical (unpaired) electrons. The molecule has 10 aromatic rings. The molecular formula is C74H78F6N4O8P4Pt2S4+4. The van der Waals surface area contributed by atoms with Gasteiger partial charge in [-0.05, 0) is 134 Å². The largest absolute Gasteiger partial charge is 2.00 e. The van der Waals surface area contributed by atoms with Gasteiger partial charge in [-0.25, -0.2) is 26.4 Å². The summed E-state index contributed by atoms with van der Waals surface area (Å²) in [7, 11) is -15.1. The first-order chi connectivity index (χ1) is 48.0. The van der Waals surface area contributed by atoms with Crippen LogP contribution >= 0.6 is 31.7 Å². The summed E-state index contributed by atoms with van der Waals surface area (Å²) in [5, 5.41) is 22.8. The number of benzene rings is 10. The second-order valence-electron chi connectivity index (χ2n) is 21.3. The number of carbonyl (C=O) groups excluding carboxylic acids is 2. The molecule has 0 aliphatic carbocycles. The van der Waals surface area contributed by atoms with Crippen LogP contribution in [0.3, 0.4) is 0 Å². The smallest absolute Gasteiger partial charge is 0.791 e. The van der Waals surface area contributed by atoms with E-state index in [2.05, 4.69) is 264 Å². The molecule has 0 saturated heterocycles. The summed E-state index contributed by atoms with van der Waals surface area (Å²) >= 11 is 9.39. The van der Waals surface area contributed by atoms with Crippen LogP contribution in [0, 0.1) is 0 Å². The topological polar surface area (TPSA) is 197 Å². The Morgan fingerprint density at radius 2 is 0.461 bits per heavy atom. The van der Waals surface area contributed by atoms with Crippen LogP contribution in [0.5, 0.6) is 0 Å². The molecule has 0 atom stereocenters. The molecule has 544 valence electrons. The van der Waals surface area contributed by atoms with E-state index in [-0.39, 0.29) is 54.2 Å². The van der Waals surface area contributed by atoms with E-state index in [9.17, 15) is 35.9 Å². The minimum absolute atomic E-state index is 0. The number of amides is 4. The molecule has 10 rings (SSSR count). The minimum atomic E-state index is -6.09. The average molecular weight is 1910 g/mol. The molecule has 0 heterocycles. The van der Waals surface area contributed by atoms with E-state index < -0.39 is 62.9 Å². The van der Waals surface area contributed by atoms with Crippen LogP contribution < -0.4 is 63.7 Å². The third-order valence-electron chi connectivity index (χ3n) is 14.1. The predicted octanol–water partition coefficient (Wildman–Crippen LogP) is 13.0. The number of urea groups is 2. The third-order valence-corrected chi connectivity index (χ3v) is 27.3. The normalized spacial score (nSPS) is 10.9. The molecule has 4 amide bonds. The molecule has 10 aromatic carbocycles. The van der Waals surface area contributed by atoms with Gasteiger partial charge in [0.15, 0.2) is 20.2 Å². The number of carbonyl (C=O) groups is 2. The van der Waals surface area contributed by atoms with Gasteiger partial charge < -0.3 is 55.6 Å². The number of hydrogen-bond acceptors (Lipinski definition) is 10. The van der Waals surface area contributed by atoms with Gasteiger partial charge in [0, 0.05) is 24.2 Å². The van der Waals surface area contributed by atoms with Gasteiger partial charge in [-0.2, -0.15) is 37.8 Å². The Hall–Kier alpha value is -6.06. The molecule has 28 heteroatoms. The Balaban J connectivity index is 0.000000343. The summed E-state index contributed by atoms with van der Waals surface area (Å²) in [6, 6.07) is 107. The molecule has 0 aliphatic rings. The van der Waals surface area contributed by atoms with Crippen molar-refractivity contribution in [2.75, 3.05) is 59.9 Å². The second kappa shape index (κ2) is 49.6. The average Bonchev–Trinajstić information content (AvgIpc) is 0.848. The summed E-state index contributed by atoms with van der Waals surface area (Å²) in [6.07, 6.45) is 7.68. The summed E-state index contributed by atoms with van der Waals surface area (Å²) in [6.45, 7) is 1.04. The van der Waals surface area contributed by atoms with Crippen LogP contribution in [0.1, 0.15) is 12.8 Å². The Morgan fingerprint density at radius 3 is 0.598 bits per heavy atom. The molecule has 0 fully saturated rings. The molecule has 0 saturated carbocycles. The maximum absolute atomic E-state index is 11.1. The maximum atomic E-state index is 11.1. The Morgan fingerprint density at radius 1 is 0.314 bits per heavy atom. The first-order valence-electron chi connectivity index (χ1n) is 31.3. The van der Waals surface area contributed by atoms with E-state index in [0.29, 0.717) is 24.6 Å². The number of para-hydroxylation sites is 2. The van der Waals surface area contributed by atoms with Crippen LogP contribution in [-0.2, 0) is 87.6 Å². The van der Waals surface area contributed by atoms with Crippen LogP contribution in [-0.4, -0.2) is 98.3 Å². The van der Waals surface area contributed by atoms with Gasteiger partial charge in [0.2, 0.25) is 0 Å². The number of hydrogen-bond donors (Lipinski definition) is 4. The Labute approximate surface area is 639 Å². The molecule has 12 nitrogen and oxygen atoms in total. The van der Waals surface area contributed by atoms with Gasteiger partial charge in [0.05, 0.1) is 98.8 Å². The molecule has 4 N–H and O–H groups in total. The van der Waals surface area contributed by atoms with Gasteiger partial charge in [-0.3, -0.25) is 0 Å². The van der Waals surface area contributed by atoms with Gasteiger partial charge in [0.1, 0.15) is 0 Å². The predicted molar refractivity (Wildman–Crippen MR) is 413 cm³/mol. The second-order valence-corrected chi connectivity index (χ2v) is 35.3. The van der Waals surface area contributed by atoms with E-state index in [4.69, 9.17) is 51.2 Å². The van der Waals surface area contributed by atoms with Crippen LogP contribution in [0.25, 0.3) is 0 Å². The van der Waals surface area contributed by atoms with Crippen molar-refractivity contribution in [1.82, 2.24) is 10.6 Å². The van der Waals surface area contributed by atoms with Crippen molar-refractivity contribution >= 4 is 143 Å². The number of anilines is 2. The molecule has 0 aliphatic heterocycles. The van der Waals surface area contributed by atoms with E-state index >= 15 is 0 Å². The van der Waals surface area contributed by atoms with E-state index in [1.807, 2.05) is 60.7 Å². The van der Waals surface area contributed by atoms with Crippen molar-refractivity contribution in [2.24, 2.45) is 0 Å². The monoisotopic (exact) mass is 1910 g/mol. The van der Waals surface area contributed by atoms with Gasteiger partial charge in [-0.15, -0.1) is 0 Å². The molecule has 0 aromatic heterocycles. The van der Waals surface area contributed by atoms with Gasteiger partial charge in [0.25, 0.3) is 0 Å². The van der Waals surface area contributed by atoms with E-state index in [0.717, 1.165) is 11.4 Å². The molecule has 0 bridgehead atoms. The van der Waals surface area contributed by atoms with Crippen molar-refractivity contribution in [3.05, 3.63) is 303 Å². The van der Waals surface area contributed by atoms with Crippen molar-refractivity contribution in [1.29, 1.82) is 0 Å². The number of nitrogens with one attached hydrogen (secondary N) is 4. The third kappa shape index (κ3) is 35.1. The summed E-state index contributed by atoms with van der Waals surface area (Å²) in [5.74, 6) is 1.06. The quantitative estimate of drug-likeness (QED) is 0.0167.